The molecule has 0 aliphatic heterocycles. The first-order chi connectivity index (χ1) is 9.56. The molecule has 9 nitrogen and oxygen atoms in total. The lowest BCUT2D eigenvalue weighted by Gasteiger charge is -2.08. The summed E-state index contributed by atoms with van der Waals surface area (Å²) in [5.74, 6) is 0. The first-order valence-electron chi connectivity index (χ1n) is 5.92. The third-order valence-electron chi connectivity index (χ3n) is 2.49. The van der Waals surface area contributed by atoms with Gasteiger partial charge in [-0.3, -0.25) is 20.2 Å². The highest BCUT2D eigenvalue weighted by Gasteiger charge is 2.18. The SMILES string of the molecule is COCCNCCNc1ccc([N+](=O)[O-])cc1[N+](=O)[O-]. The van der Waals surface area contributed by atoms with Gasteiger partial charge in [0.2, 0.25) is 0 Å². The lowest BCUT2D eigenvalue weighted by atomic mass is 10.2. The Morgan fingerprint density at radius 2 is 1.90 bits per heavy atom. The van der Waals surface area contributed by atoms with Crippen LogP contribution in [-0.2, 0) is 4.74 Å². The fourth-order valence-corrected chi connectivity index (χ4v) is 1.52. The van der Waals surface area contributed by atoms with Crippen molar-refractivity contribution < 1.29 is 14.6 Å². The van der Waals surface area contributed by atoms with Crippen LogP contribution in [0, 0.1) is 20.2 Å². The molecular weight excluding hydrogens is 268 g/mol. The van der Waals surface area contributed by atoms with Gasteiger partial charge in [-0.1, -0.05) is 0 Å². The number of hydrogen-bond acceptors (Lipinski definition) is 7. The van der Waals surface area contributed by atoms with Gasteiger partial charge in [0.15, 0.2) is 0 Å². The van der Waals surface area contributed by atoms with Gasteiger partial charge in [0.1, 0.15) is 5.69 Å². The summed E-state index contributed by atoms with van der Waals surface area (Å²) >= 11 is 0. The van der Waals surface area contributed by atoms with Crippen molar-refractivity contribution in [3.63, 3.8) is 0 Å². The Morgan fingerprint density at radius 3 is 2.50 bits per heavy atom. The third-order valence-corrected chi connectivity index (χ3v) is 2.49. The van der Waals surface area contributed by atoms with E-state index in [1.807, 2.05) is 0 Å². The minimum absolute atomic E-state index is 0.258. The van der Waals surface area contributed by atoms with E-state index < -0.39 is 9.85 Å². The van der Waals surface area contributed by atoms with Crippen LogP contribution in [0.4, 0.5) is 17.1 Å². The van der Waals surface area contributed by atoms with E-state index in [2.05, 4.69) is 10.6 Å². The topological polar surface area (TPSA) is 120 Å². The minimum Gasteiger partial charge on any atom is -0.383 e. The molecule has 0 fully saturated rings. The van der Waals surface area contributed by atoms with Gasteiger partial charge >= 0.3 is 0 Å². The molecule has 1 aromatic carbocycles. The van der Waals surface area contributed by atoms with Crippen LogP contribution in [0.1, 0.15) is 0 Å². The van der Waals surface area contributed by atoms with Gasteiger partial charge in [-0.15, -0.1) is 0 Å². The van der Waals surface area contributed by atoms with Crippen LogP contribution in [0.15, 0.2) is 18.2 Å². The van der Waals surface area contributed by atoms with E-state index in [9.17, 15) is 20.2 Å². The summed E-state index contributed by atoms with van der Waals surface area (Å²) in [5, 5.41) is 27.4. The number of anilines is 1. The van der Waals surface area contributed by atoms with Gasteiger partial charge in [-0.05, 0) is 6.07 Å². The van der Waals surface area contributed by atoms with Gasteiger partial charge in [-0.25, -0.2) is 0 Å². The Bertz CT molecular complexity index is 480. The first-order valence-corrected chi connectivity index (χ1v) is 5.92. The zero-order chi connectivity index (χ0) is 15.0. The van der Waals surface area contributed by atoms with Crippen molar-refractivity contribution in [1.29, 1.82) is 0 Å². The number of hydrogen-bond donors (Lipinski definition) is 2. The Kier molecular flexibility index (Phi) is 6.33. The number of ether oxygens (including phenoxy) is 1. The second-order valence-corrected chi connectivity index (χ2v) is 3.89. The van der Waals surface area contributed by atoms with Crippen molar-refractivity contribution in [3.8, 4) is 0 Å². The number of benzene rings is 1. The van der Waals surface area contributed by atoms with E-state index in [-0.39, 0.29) is 17.1 Å². The van der Waals surface area contributed by atoms with E-state index in [0.29, 0.717) is 26.2 Å². The largest absolute Gasteiger partial charge is 0.383 e. The van der Waals surface area contributed by atoms with Crippen molar-refractivity contribution in [2.24, 2.45) is 0 Å². The standard InChI is InChI=1S/C11H16N4O5/c1-20-7-6-12-4-5-13-10-3-2-9(14(16)17)8-11(10)15(18)19/h2-3,8,12-13H,4-7H2,1H3. The van der Waals surface area contributed by atoms with Crippen LogP contribution < -0.4 is 10.6 Å². The normalized spacial score (nSPS) is 10.2. The molecule has 1 aromatic rings. The van der Waals surface area contributed by atoms with Crippen LogP contribution in [0.25, 0.3) is 0 Å². The highest BCUT2D eigenvalue weighted by Crippen LogP contribution is 2.28. The van der Waals surface area contributed by atoms with Crippen molar-refractivity contribution in [2.45, 2.75) is 0 Å². The molecule has 0 amide bonds. The predicted molar refractivity (Wildman–Crippen MR) is 73.0 cm³/mol. The fourth-order valence-electron chi connectivity index (χ4n) is 1.52. The Morgan fingerprint density at radius 1 is 1.15 bits per heavy atom. The van der Waals surface area contributed by atoms with Crippen LogP contribution >= 0.6 is 0 Å². The smallest absolute Gasteiger partial charge is 0.299 e. The average Bonchev–Trinajstić information content (AvgIpc) is 2.42. The Hall–Kier alpha value is -2.26. The predicted octanol–water partition coefficient (Wildman–Crippen LogP) is 1.15. The highest BCUT2D eigenvalue weighted by atomic mass is 16.6. The number of nitro groups is 2. The maximum atomic E-state index is 10.9. The number of methoxy groups -OCH3 is 1. The van der Waals surface area contributed by atoms with E-state index in [0.717, 1.165) is 6.07 Å². The molecule has 20 heavy (non-hydrogen) atoms. The highest BCUT2D eigenvalue weighted by molar-refractivity contribution is 5.65. The van der Waals surface area contributed by atoms with E-state index in [1.54, 1.807) is 7.11 Å². The van der Waals surface area contributed by atoms with Gasteiger partial charge in [0.25, 0.3) is 11.4 Å². The zero-order valence-electron chi connectivity index (χ0n) is 11.0. The fraction of sp³-hybridized carbons (Fsp3) is 0.455. The number of nitrogens with one attached hydrogen (secondary N) is 2. The molecule has 0 atom stereocenters. The zero-order valence-corrected chi connectivity index (χ0v) is 11.0. The first kappa shape index (κ1) is 15.8. The maximum Gasteiger partial charge on any atom is 0.299 e. The quantitative estimate of drug-likeness (QED) is 0.396. The number of nitrogens with zero attached hydrogens (tertiary/aromatic N) is 2. The van der Waals surface area contributed by atoms with Crippen LogP contribution in [0.2, 0.25) is 0 Å². The summed E-state index contributed by atoms with van der Waals surface area (Å²) in [5.41, 5.74) is -0.356. The van der Waals surface area contributed by atoms with E-state index in [1.165, 1.54) is 12.1 Å². The van der Waals surface area contributed by atoms with Crippen LogP contribution in [0.5, 0.6) is 0 Å². The molecule has 9 heteroatoms. The molecule has 1 rings (SSSR count). The van der Waals surface area contributed by atoms with Gasteiger partial charge in [0.05, 0.1) is 22.5 Å². The second-order valence-electron chi connectivity index (χ2n) is 3.89. The molecule has 0 radical (unpaired) electrons. The van der Waals surface area contributed by atoms with Gasteiger partial charge in [0, 0.05) is 32.8 Å². The molecule has 0 spiro atoms. The molecule has 0 aromatic heterocycles. The lowest BCUT2D eigenvalue weighted by Crippen LogP contribution is -2.25. The second kappa shape index (κ2) is 8.02. The summed E-state index contributed by atoms with van der Waals surface area (Å²) in [6, 6.07) is 3.51. The van der Waals surface area contributed by atoms with Crippen molar-refractivity contribution >= 4 is 17.1 Å². The molecule has 0 heterocycles. The maximum absolute atomic E-state index is 10.9. The Labute approximate surface area is 115 Å². The van der Waals surface area contributed by atoms with Crippen molar-refractivity contribution in [3.05, 3.63) is 38.4 Å². The Balaban J connectivity index is 2.60. The number of nitro benzene ring substituents is 2. The van der Waals surface area contributed by atoms with Crippen molar-refractivity contribution in [2.75, 3.05) is 38.7 Å². The third kappa shape index (κ3) is 4.78. The van der Waals surface area contributed by atoms with Gasteiger partial charge in [-0.2, -0.15) is 0 Å². The molecule has 0 saturated heterocycles. The van der Waals surface area contributed by atoms with E-state index >= 15 is 0 Å². The number of non-ortho nitro benzene ring substituents is 1. The van der Waals surface area contributed by atoms with Crippen molar-refractivity contribution in [1.82, 2.24) is 5.32 Å². The minimum atomic E-state index is -0.664. The van der Waals surface area contributed by atoms with E-state index in [4.69, 9.17) is 4.74 Å². The van der Waals surface area contributed by atoms with Gasteiger partial charge < -0.3 is 15.4 Å². The monoisotopic (exact) mass is 284 g/mol. The van der Waals surface area contributed by atoms with Crippen LogP contribution in [-0.4, -0.2) is 43.2 Å². The summed E-state index contributed by atoms with van der Waals surface area (Å²) < 4.78 is 4.86. The molecule has 0 aliphatic rings. The number of rotatable bonds is 9. The van der Waals surface area contributed by atoms with Crippen LogP contribution in [0.3, 0.4) is 0 Å². The average molecular weight is 284 g/mol. The summed E-state index contributed by atoms with van der Waals surface area (Å²) in [6.07, 6.45) is 0. The summed E-state index contributed by atoms with van der Waals surface area (Å²) in [4.78, 5) is 20.2. The molecule has 0 aliphatic carbocycles. The molecule has 0 saturated carbocycles. The molecule has 0 bridgehead atoms. The lowest BCUT2D eigenvalue weighted by molar-refractivity contribution is -0.393. The summed E-state index contributed by atoms with van der Waals surface area (Å²) in [7, 11) is 1.60. The summed E-state index contributed by atoms with van der Waals surface area (Å²) in [6.45, 7) is 2.32. The molecule has 0 unspecified atom stereocenters. The molecule has 2 N–H and O–H groups in total. The molecule has 110 valence electrons. The molecular formula is C11H16N4O5.